The van der Waals surface area contributed by atoms with E-state index in [1.165, 1.54) is 4.68 Å². The van der Waals surface area contributed by atoms with Crippen LogP contribution >= 0.6 is 23.2 Å². The first-order valence-electron chi connectivity index (χ1n) is 5.83. The maximum atomic E-state index is 12.5. The maximum absolute atomic E-state index is 12.5. The van der Waals surface area contributed by atoms with Gasteiger partial charge in [0.2, 0.25) is 0 Å². The fraction of sp³-hybridized carbons (Fsp3) is 0.214. The molecule has 0 spiro atoms. The fourth-order valence-corrected chi connectivity index (χ4v) is 2.65. The van der Waals surface area contributed by atoms with Crippen molar-refractivity contribution in [3.63, 3.8) is 0 Å². The van der Waals surface area contributed by atoms with Crippen molar-refractivity contribution in [3.8, 4) is 6.07 Å². The SMILES string of the molecule is Cc1nn(C)cc1C(=O)C(C#N)c1c(Cl)cccc1Cl. The molecule has 1 atom stereocenters. The summed E-state index contributed by atoms with van der Waals surface area (Å²) in [5, 5.41) is 14.1. The normalized spacial score (nSPS) is 11.9. The van der Waals surface area contributed by atoms with Gasteiger partial charge in [-0.2, -0.15) is 10.4 Å². The number of nitriles is 1. The molecule has 0 N–H and O–H groups in total. The lowest BCUT2D eigenvalue weighted by atomic mass is 9.92. The summed E-state index contributed by atoms with van der Waals surface area (Å²) in [5.74, 6) is -1.40. The molecule has 0 amide bonds. The Balaban J connectivity index is 2.51. The summed E-state index contributed by atoms with van der Waals surface area (Å²) in [7, 11) is 1.72. The smallest absolute Gasteiger partial charge is 0.187 e. The Hall–Kier alpha value is -1.83. The zero-order valence-corrected chi connectivity index (χ0v) is 12.4. The molecule has 0 bridgehead atoms. The van der Waals surface area contributed by atoms with Crippen molar-refractivity contribution in [2.75, 3.05) is 0 Å². The summed E-state index contributed by atoms with van der Waals surface area (Å²) in [4.78, 5) is 12.5. The molecule has 1 aromatic carbocycles. The maximum Gasteiger partial charge on any atom is 0.187 e. The molecule has 1 aromatic heterocycles. The molecule has 0 aliphatic heterocycles. The van der Waals surface area contributed by atoms with E-state index in [9.17, 15) is 10.1 Å². The summed E-state index contributed by atoms with van der Waals surface area (Å²) >= 11 is 12.1. The van der Waals surface area contributed by atoms with Crippen LogP contribution in [0.2, 0.25) is 10.0 Å². The second-order valence-electron chi connectivity index (χ2n) is 4.36. The van der Waals surface area contributed by atoms with Crippen molar-refractivity contribution < 1.29 is 4.79 Å². The van der Waals surface area contributed by atoms with Gasteiger partial charge < -0.3 is 0 Å². The molecule has 0 radical (unpaired) electrons. The van der Waals surface area contributed by atoms with Crippen LogP contribution in [0.4, 0.5) is 0 Å². The van der Waals surface area contributed by atoms with Crippen molar-refractivity contribution in [3.05, 3.63) is 51.3 Å². The number of hydrogen-bond donors (Lipinski definition) is 0. The molecule has 0 saturated heterocycles. The van der Waals surface area contributed by atoms with Gasteiger partial charge in [0.1, 0.15) is 5.92 Å². The molecule has 1 heterocycles. The number of carbonyl (C=O) groups excluding carboxylic acids is 1. The molecule has 2 aromatic rings. The van der Waals surface area contributed by atoms with E-state index in [2.05, 4.69) is 5.10 Å². The summed E-state index contributed by atoms with van der Waals surface area (Å²) in [6, 6.07) is 6.86. The topological polar surface area (TPSA) is 58.7 Å². The Morgan fingerprint density at radius 3 is 2.45 bits per heavy atom. The van der Waals surface area contributed by atoms with Crippen LogP contribution in [0.25, 0.3) is 0 Å². The number of carbonyl (C=O) groups is 1. The third-order valence-corrected chi connectivity index (χ3v) is 3.62. The van der Waals surface area contributed by atoms with Gasteiger partial charge in [0.05, 0.1) is 17.3 Å². The zero-order chi connectivity index (χ0) is 14.9. The summed E-state index contributed by atoms with van der Waals surface area (Å²) in [6.45, 7) is 1.72. The van der Waals surface area contributed by atoms with E-state index in [0.29, 0.717) is 26.9 Å². The molecule has 4 nitrogen and oxygen atoms in total. The first-order valence-corrected chi connectivity index (χ1v) is 6.59. The summed E-state index contributed by atoms with van der Waals surface area (Å²) in [6.07, 6.45) is 1.59. The highest BCUT2D eigenvalue weighted by molar-refractivity contribution is 6.36. The lowest BCUT2D eigenvalue weighted by Crippen LogP contribution is -2.13. The molecule has 2 rings (SSSR count). The minimum Gasteiger partial charge on any atom is -0.292 e. The first-order chi connectivity index (χ1) is 9.45. The number of ketones is 1. The number of nitrogens with zero attached hydrogens (tertiary/aromatic N) is 3. The lowest BCUT2D eigenvalue weighted by Gasteiger charge is -2.11. The van der Waals surface area contributed by atoms with Gasteiger partial charge in [0.25, 0.3) is 0 Å². The van der Waals surface area contributed by atoms with E-state index in [1.54, 1.807) is 38.4 Å². The molecule has 6 heteroatoms. The van der Waals surface area contributed by atoms with Crippen molar-refractivity contribution in [2.24, 2.45) is 7.05 Å². The Morgan fingerprint density at radius 2 is 2.00 bits per heavy atom. The van der Waals surface area contributed by atoms with Crippen LogP contribution < -0.4 is 0 Å². The van der Waals surface area contributed by atoms with Crippen LogP contribution in [-0.4, -0.2) is 15.6 Å². The quantitative estimate of drug-likeness (QED) is 0.815. The van der Waals surface area contributed by atoms with E-state index in [0.717, 1.165) is 0 Å². The van der Waals surface area contributed by atoms with Gasteiger partial charge in [0, 0.05) is 28.9 Å². The molecule has 0 saturated carbocycles. The lowest BCUT2D eigenvalue weighted by molar-refractivity contribution is 0.0978. The molecule has 0 aliphatic rings. The summed E-state index contributed by atoms with van der Waals surface area (Å²) < 4.78 is 1.53. The Morgan fingerprint density at radius 1 is 1.40 bits per heavy atom. The van der Waals surface area contributed by atoms with Crippen LogP contribution in [0.5, 0.6) is 0 Å². The van der Waals surface area contributed by atoms with Crippen LogP contribution in [-0.2, 0) is 7.05 Å². The van der Waals surface area contributed by atoms with E-state index < -0.39 is 5.92 Å². The van der Waals surface area contributed by atoms with Crippen molar-refractivity contribution in [1.29, 1.82) is 5.26 Å². The second kappa shape index (κ2) is 5.66. The van der Waals surface area contributed by atoms with Crippen molar-refractivity contribution in [2.45, 2.75) is 12.8 Å². The molecule has 20 heavy (non-hydrogen) atoms. The first kappa shape index (κ1) is 14.6. The zero-order valence-electron chi connectivity index (χ0n) is 10.9. The molecule has 0 aliphatic carbocycles. The monoisotopic (exact) mass is 307 g/mol. The predicted octanol–water partition coefficient (Wildman–Crippen LogP) is 3.53. The van der Waals surface area contributed by atoms with Crippen LogP contribution in [0.1, 0.15) is 27.5 Å². The number of rotatable bonds is 3. The average molecular weight is 308 g/mol. The standard InChI is InChI=1S/C14H11Cl2N3O/c1-8-10(7-19(2)18-8)14(20)9(6-17)13-11(15)4-3-5-12(13)16/h3-5,7,9H,1-2H3. The highest BCUT2D eigenvalue weighted by Gasteiger charge is 2.28. The molecular weight excluding hydrogens is 297 g/mol. The Kier molecular flexibility index (Phi) is 4.12. The van der Waals surface area contributed by atoms with Gasteiger partial charge in [-0.1, -0.05) is 29.3 Å². The Labute approximate surface area is 126 Å². The van der Waals surface area contributed by atoms with Gasteiger partial charge in [0.15, 0.2) is 5.78 Å². The van der Waals surface area contributed by atoms with Gasteiger partial charge in [-0.3, -0.25) is 9.48 Å². The largest absolute Gasteiger partial charge is 0.292 e. The molecule has 1 unspecified atom stereocenters. The van der Waals surface area contributed by atoms with Crippen molar-refractivity contribution in [1.82, 2.24) is 9.78 Å². The van der Waals surface area contributed by atoms with Crippen LogP contribution in [0.3, 0.4) is 0 Å². The minimum absolute atomic E-state index is 0.305. The van der Waals surface area contributed by atoms with Crippen LogP contribution in [0.15, 0.2) is 24.4 Å². The highest BCUT2D eigenvalue weighted by Crippen LogP contribution is 2.33. The van der Waals surface area contributed by atoms with E-state index in [4.69, 9.17) is 23.2 Å². The van der Waals surface area contributed by atoms with Gasteiger partial charge in [-0.25, -0.2) is 0 Å². The highest BCUT2D eigenvalue weighted by atomic mass is 35.5. The Bertz CT molecular complexity index is 695. The average Bonchev–Trinajstić information content (AvgIpc) is 2.72. The number of hydrogen-bond acceptors (Lipinski definition) is 3. The van der Waals surface area contributed by atoms with Crippen molar-refractivity contribution >= 4 is 29.0 Å². The van der Waals surface area contributed by atoms with Gasteiger partial charge in [-0.05, 0) is 19.1 Å². The van der Waals surface area contributed by atoms with E-state index >= 15 is 0 Å². The summed E-state index contributed by atoms with van der Waals surface area (Å²) in [5.41, 5.74) is 1.31. The number of halogens is 2. The molecule has 0 fully saturated rings. The fourth-order valence-electron chi connectivity index (χ4n) is 2.04. The van der Waals surface area contributed by atoms with E-state index in [-0.39, 0.29) is 5.78 Å². The predicted molar refractivity (Wildman–Crippen MR) is 77.1 cm³/mol. The third-order valence-electron chi connectivity index (χ3n) is 2.96. The number of Topliss-reactive ketones (excluding diaryl/α,β-unsaturated/α-hetero) is 1. The number of aromatic nitrogens is 2. The van der Waals surface area contributed by atoms with E-state index in [1.807, 2.05) is 6.07 Å². The molecular formula is C14H11Cl2N3O. The number of aryl methyl sites for hydroxylation is 2. The molecule has 102 valence electrons. The third kappa shape index (κ3) is 2.55. The van der Waals surface area contributed by atoms with Gasteiger partial charge in [-0.15, -0.1) is 0 Å². The second-order valence-corrected chi connectivity index (χ2v) is 5.18. The number of benzene rings is 1. The van der Waals surface area contributed by atoms with Crippen LogP contribution in [0, 0.1) is 18.3 Å². The minimum atomic E-state index is -1.04. The van der Waals surface area contributed by atoms with Gasteiger partial charge >= 0.3 is 0 Å².